The van der Waals surface area contributed by atoms with Crippen LogP contribution in [0.4, 0.5) is 0 Å². The van der Waals surface area contributed by atoms with Crippen molar-refractivity contribution >= 4 is 5.97 Å². The predicted molar refractivity (Wildman–Crippen MR) is 75.1 cm³/mol. The second kappa shape index (κ2) is 7.82. The Morgan fingerprint density at radius 2 is 2.32 bits per heavy atom. The summed E-state index contributed by atoms with van der Waals surface area (Å²) in [5, 5.41) is 3.06. The fourth-order valence-electron chi connectivity index (χ4n) is 2.45. The molecule has 0 saturated carbocycles. The second-order valence-corrected chi connectivity index (χ2v) is 5.67. The third kappa shape index (κ3) is 5.09. The van der Waals surface area contributed by atoms with E-state index in [1.54, 1.807) is 7.05 Å². The fourth-order valence-corrected chi connectivity index (χ4v) is 2.45. The molecule has 2 unspecified atom stereocenters. The molecule has 0 bridgehead atoms. The van der Waals surface area contributed by atoms with E-state index in [9.17, 15) is 4.79 Å². The van der Waals surface area contributed by atoms with Crippen molar-refractivity contribution < 1.29 is 14.3 Å². The van der Waals surface area contributed by atoms with Gasteiger partial charge in [-0.15, -0.1) is 0 Å². The van der Waals surface area contributed by atoms with Crippen LogP contribution >= 0.6 is 0 Å². The first-order chi connectivity index (χ1) is 9.01. The van der Waals surface area contributed by atoms with Crippen LogP contribution < -0.4 is 5.32 Å². The Morgan fingerprint density at radius 1 is 1.58 bits per heavy atom. The van der Waals surface area contributed by atoms with Gasteiger partial charge in [0.25, 0.3) is 0 Å². The number of rotatable bonds is 7. The minimum Gasteiger partial charge on any atom is -0.468 e. The molecule has 0 aromatic heterocycles. The van der Waals surface area contributed by atoms with E-state index < -0.39 is 5.54 Å². The van der Waals surface area contributed by atoms with E-state index in [0.29, 0.717) is 5.92 Å². The molecule has 1 fully saturated rings. The number of methoxy groups -OCH3 is 1. The maximum atomic E-state index is 11.7. The molecule has 1 saturated heterocycles. The number of nitrogens with one attached hydrogen (secondary N) is 1. The molecule has 1 aliphatic rings. The number of carbonyl (C=O) groups is 1. The third-order valence-corrected chi connectivity index (χ3v) is 4.01. The van der Waals surface area contributed by atoms with E-state index >= 15 is 0 Å². The summed E-state index contributed by atoms with van der Waals surface area (Å²) in [4.78, 5) is 14.0. The van der Waals surface area contributed by atoms with Gasteiger partial charge >= 0.3 is 5.97 Å². The zero-order valence-corrected chi connectivity index (χ0v) is 12.7. The lowest BCUT2D eigenvalue weighted by Crippen LogP contribution is -2.50. The van der Waals surface area contributed by atoms with Gasteiger partial charge in [0.15, 0.2) is 0 Å². The summed E-state index contributed by atoms with van der Waals surface area (Å²) in [6, 6.07) is 0. The van der Waals surface area contributed by atoms with Crippen molar-refractivity contribution in [1.29, 1.82) is 0 Å². The standard InChI is InChI=1S/C14H28N2O3/c1-14(15-2,13(17)18-4)7-8-16(3)10-12-6-5-9-19-11-12/h12,15H,5-11H2,1-4H3. The molecule has 1 rings (SSSR count). The maximum absolute atomic E-state index is 11.7. The van der Waals surface area contributed by atoms with Gasteiger partial charge in [0, 0.05) is 19.7 Å². The minimum atomic E-state index is -0.605. The van der Waals surface area contributed by atoms with Gasteiger partial charge in [-0.2, -0.15) is 0 Å². The summed E-state index contributed by atoms with van der Waals surface area (Å²) in [6.45, 7) is 5.55. The van der Waals surface area contributed by atoms with Gasteiger partial charge < -0.3 is 19.7 Å². The van der Waals surface area contributed by atoms with Crippen LogP contribution in [0.15, 0.2) is 0 Å². The topological polar surface area (TPSA) is 50.8 Å². The van der Waals surface area contributed by atoms with Crippen LogP contribution in [-0.2, 0) is 14.3 Å². The highest BCUT2D eigenvalue weighted by atomic mass is 16.5. The largest absolute Gasteiger partial charge is 0.468 e. The van der Waals surface area contributed by atoms with E-state index in [0.717, 1.165) is 39.1 Å². The molecule has 0 radical (unpaired) electrons. The first-order valence-corrected chi connectivity index (χ1v) is 7.05. The van der Waals surface area contributed by atoms with Crippen LogP contribution in [0.1, 0.15) is 26.2 Å². The van der Waals surface area contributed by atoms with Crippen molar-refractivity contribution in [2.45, 2.75) is 31.7 Å². The zero-order chi connectivity index (χ0) is 14.3. The van der Waals surface area contributed by atoms with Crippen molar-refractivity contribution in [1.82, 2.24) is 10.2 Å². The molecule has 5 nitrogen and oxygen atoms in total. The van der Waals surface area contributed by atoms with Gasteiger partial charge in [-0.05, 0) is 46.2 Å². The van der Waals surface area contributed by atoms with Gasteiger partial charge in [0.1, 0.15) is 5.54 Å². The third-order valence-electron chi connectivity index (χ3n) is 4.01. The Kier molecular flexibility index (Phi) is 6.75. The fraction of sp³-hybridized carbons (Fsp3) is 0.929. The summed E-state index contributed by atoms with van der Waals surface area (Å²) in [5.74, 6) is 0.419. The number of hydrogen-bond donors (Lipinski definition) is 1. The summed E-state index contributed by atoms with van der Waals surface area (Å²) >= 11 is 0. The van der Waals surface area contributed by atoms with E-state index in [1.807, 2.05) is 6.92 Å². The van der Waals surface area contributed by atoms with Crippen LogP contribution in [0, 0.1) is 5.92 Å². The molecule has 1 N–H and O–H groups in total. The number of hydrogen-bond acceptors (Lipinski definition) is 5. The lowest BCUT2D eigenvalue weighted by molar-refractivity contribution is -0.148. The monoisotopic (exact) mass is 272 g/mol. The molecule has 0 aromatic rings. The molecule has 0 aromatic carbocycles. The van der Waals surface area contributed by atoms with Gasteiger partial charge in [0.05, 0.1) is 13.7 Å². The summed E-state index contributed by atoms with van der Waals surface area (Å²) in [5.41, 5.74) is -0.605. The Labute approximate surface area is 116 Å². The highest BCUT2D eigenvalue weighted by Gasteiger charge is 2.32. The number of ether oxygens (including phenoxy) is 2. The second-order valence-electron chi connectivity index (χ2n) is 5.67. The first kappa shape index (κ1) is 16.4. The highest BCUT2D eigenvalue weighted by Crippen LogP contribution is 2.16. The zero-order valence-electron chi connectivity index (χ0n) is 12.7. The van der Waals surface area contributed by atoms with Gasteiger partial charge in [-0.1, -0.05) is 0 Å². The molecule has 5 heteroatoms. The molecular formula is C14H28N2O3. The van der Waals surface area contributed by atoms with Crippen molar-refractivity contribution in [3.05, 3.63) is 0 Å². The normalized spacial score (nSPS) is 23.1. The molecule has 112 valence electrons. The van der Waals surface area contributed by atoms with Crippen molar-refractivity contribution in [3.8, 4) is 0 Å². The van der Waals surface area contributed by atoms with Crippen molar-refractivity contribution in [2.24, 2.45) is 5.92 Å². The lowest BCUT2D eigenvalue weighted by atomic mass is 9.97. The van der Waals surface area contributed by atoms with Crippen LogP contribution in [-0.4, -0.2) is 63.9 Å². The average Bonchev–Trinajstić information content (AvgIpc) is 2.45. The molecule has 0 spiro atoms. The maximum Gasteiger partial charge on any atom is 0.325 e. The van der Waals surface area contributed by atoms with Crippen LogP contribution in [0.2, 0.25) is 0 Å². The highest BCUT2D eigenvalue weighted by molar-refractivity contribution is 5.80. The quantitative estimate of drug-likeness (QED) is 0.697. The van der Waals surface area contributed by atoms with Gasteiger partial charge in [0.2, 0.25) is 0 Å². The number of likely N-dealkylation sites (N-methyl/N-ethyl adjacent to an activating group) is 1. The van der Waals surface area contributed by atoms with Crippen LogP contribution in [0.5, 0.6) is 0 Å². The van der Waals surface area contributed by atoms with Crippen molar-refractivity contribution in [2.75, 3.05) is 47.5 Å². The number of nitrogens with zero attached hydrogens (tertiary/aromatic N) is 1. The summed E-state index contributed by atoms with van der Waals surface area (Å²) < 4.78 is 10.3. The Balaban J connectivity index is 2.34. The molecular weight excluding hydrogens is 244 g/mol. The molecule has 2 atom stereocenters. The van der Waals surface area contributed by atoms with Gasteiger partial charge in [-0.25, -0.2) is 0 Å². The van der Waals surface area contributed by atoms with Crippen LogP contribution in [0.3, 0.4) is 0 Å². The Bertz CT molecular complexity index is 280. The number of esters is 1. The Hall–Kier alpha value is -0.650. The minimum absolute atomic E-state index is 0.204. The molecule has 0 aliphatic carbocycles. The summed E-state index contributed by atoms with van der Waals surface area (Å²) in [7, 11) is 5.33. The van der Waals surface area contributed by atoms with E-state index in [4.69, 9.17) is 9.47 Å². The predicted octanol–water partition coefficient (Wildman–Crippen LogP) is 0.886. The van der Waals surface area contributed by atoms with E-state index in [2.05, 4.69) is 17.3 Å². The SMILES string of the molecule is CNC(C)(CCN(C)CC1CCCOC1)C(=O)OC. The van der Waals surface area contributed by atoms with E-state index in [1.165, 1.54) is 13.5 Å². The first-order valence-electron chi connectivity index (χ1n) is 7.05. The summed E-state index contributed by atoms with van der Waals surface area (Å²) in [6.07, 6.45) is 3.14. The smallest absolute Gasteiger partial charge is 0.325 e. The molecule has 1 heterocycles. The number of carbonyl (C=O) groups excluding carboxylic acids is 1. The van der Waals surface area contributed by atoms with E-state index in [-0.39, 0.29) is 5.97 Å². The van der Waals surface area contributed by atoms with Crippen LogP contribution in [0.25, 0.3) is 0 Å². The molecule has 19 heavy (non-hydrogen) atoms. The van der Waals surface area contributed by atoms with Gasteiger partial charge in [-0.3, -0.25) is 4.79 Å². The molecule has 0 amide bonds. The lowest BCUT2D eigenvalue weighted by Gasteiger charge is -2.31. The Morgan fingerprint density at radius 3 is 2.84 bits per heavy atom. The van der Waals surface area contributed by atoms with Crippen molar-refractivity contribution in [3.63, 3.8) is 0 Å². The average molecular weight is 272 g/mol. The molecule has 1 aliphatic heterocycles.